The van der Waals surface area contributed by atoms with Gasteiger partial charge < -0.3 is 20.3 Å². The number of rotatable bonds is 5. The zero-order valence-electron chi connectivity index (χ0n) is 20.3. The van der Waals surface area contributed by atoms with Crippen LogP contribution in [0.3, 0.4) is 0 Å². The maximum atomic E-state index is 12.8. The molecule has 3 aliphatic heterocycles. The molecule has 2 N–H and O–H groups in total. The lowest BCUT2D eigenvalue weighted by molar-refractivity contribution is -0.140. The summed E-state index contributed by atoms with van der Waals surface area (Å²) >= 11 is 3.00. The fourth-order valence-corrected chi connectivity index (χ4v) is 7.03. The van der Waals surface area contributed by atoms with Gasteiger partial charge in [0.25, 0.3) is 0 Å². The molecule has 0 aliphatic carbocycles. The number of carbonyl (C=O) groups excluding carboxylic acids is 2. The number of ether oxygens (including phenoxy) is 1. The third kappa shape index (κ3) is 5.13. The molecule has 3 aromatic heterocycles. The molecule has 3 aromatic rings. The number of aromatic nitrogens is 4. The minimum absolute atomic E-state index is 0.00103. The fourth-order valence-electron chi connectivity index (χ4n) is 4.90. The van der Waals surface area contributed by atoms with Crippen LogP contribution in [0.1, 0.15) is 11.3 Å². The number of anilines is 2. The number of carbonyl (C=O) groups is 2. The zero-order valence-corrected chi connectivity index (χ0v) is 22.0. The van der Waals surface area contributed by atoms with E-state index in [1.54, 1.807) is 23.7 Å². The highest BCUT2D eigenvalue weighted by molar-refractivity contribution is 8.14. The van der Waals surface area contributed by atoms with Crippen LogP contribution in [0.4, 0.5) is 11.8 Å². The molecule has 0 spiro atoms. The van der Waals surface area contributed by atoms with Gasteiger partial charge in [-0.2, -0.15) is 0 Å². The molecule has 0 saturated carbocycles. The van der Waals surface area contributed by atoms with Crippen molar-refractivity contribution in [1.29, 1.82) is 0 Å². The Morgan fingerprint density at radius 3 is 2.54 bits per heavy atom. The second-order valence-corrected chi connectivity index (χ2v) is 11.6. The summed E-state index contributed by atoms with van der Waals surface area (Å²) < 4.78 is 6.62. The van der Waals surface area contributed by atoms with Crippen molar-refractivity contribution in [2.75, 3.05) is 68.9 Å². The molecule has 1 atom stereocenters. The van der Waals surface area contributed by atoms with E-state index in [2.05, 4.69) is 25.8 Å². The molecule has 6 heterocycles. The van der Waals surface area contributed by atoms with Crippen molar-refractivity contribution < 1.29 is 14.3 Å². The predicted molar refractivity (Wildman–Crippen MR) is 143 cm³/mol. The van der Waals surface area contributed by atoms with Gasteiger partial charge in [-0.25, -0.2) is 19.9 Å². The number of morpholine rings is 1. The van der Waals surface area contributed by atoms with Crippen molar-refractivity contribution in [1.82, 2.24) is 29.7 Å². The Balaban J connectivity index is 1.21. The summed E-state index contributed by atoms with van der Waals surface area (Å²) in [4.78, 5) is 50.4. The predicted octanol–water partition coefficient (Wildman–Crippen LogP) is 1.49. The second kappa shape index (κ2) is 10.5. The lowest BCUT2D eigenvalue weighted by Crippen LogP contribution is -2.50. The number of thiophene rings is 1. The van der Waals surface area contributed by atoms with Crippen molar-refractivity contribution >= 4 is 56.1 Å². The number of thioether (sulfide) groups is 1. The summed E-state index contributed by atoms with van der Waals surface area (Å²) in [5, 5.41) is 0.0276. The summed E-state index contributed by atoms with van der Waals surface area (Å²) in [5.41, 5.74) is 7.29. The van der Waals surface area contributed by atoms with E-state index >= 15 is 0 Å². The molecule has 194 valence electrons. The number of hydrogen-bond acceptors (Lipinski definition) is 12. The molecule has 37 heavy (non-hydrogen) atoms. The Bertz CT molecular complexity index is 1300. The first-order chi connectivity index (χ1) is 18.0. The van der Waals surface area contributed by atoms with Gasteiger partial charge in [0.05, 0.1) is 29.0 Å². The number of hydrogen-bond donors (Lipinski definition) is 1. The number of nitrogen functional groups attached to an aromatic ring is 1. The van der Waals surface area contributed by atoms with Gasteiger partial charge in [0, 0.05) is 68.8 Å². The molecule has 6 rings (SSSR count). The van der Waals surface area contributed by atoms with Gasteiger partial charge in [-0.05, 0) is 12.5 Å². The molecular weight excluding hydrogens is 512 g/mol. The van der Waals surface area contributed by atoms with E-state index in [4.69, 9.17) is 20.4 Å². The van der Waals surface area contributed by atoms with Crippen molar-refractivity contribution in [3.8, 4) is 11.4 Å². The molecule has 3 fully saturated rings. The van der Waals surface area contributed by atoms with Gasteiger partial charge in [0.1, 0.15) is 5.92 Å². The van der Waals surface area contributed by atoms with Crippen LogP contribution in [0.2, 0.25) is 0 Å². The summed E-state index contributed by atoms with van der Waals surface area (Å²) in [5.74, 6) is 2.00. The Hall–Kier alpha value is -2.87. The van der Waals surface area contributed by atoms with Crippen molar-refractivity contribution in [2.45, 2.75) is 13.0 Å². The summed E-state index contributed by atoms with van der Waals surface area (Å²) in [6, 6.07) is 2.14. The Morgan fingerprint density at radius 2 is 1.84 bits per heavy atom. The van der Waals surface area contributed by atoms with E-state index in [0.29, 0.717) is 38.5 Å². The smallest absolute Gasteiger partial charge is 0.234 e. The molecule has 1 amide bonds. The van der Waals surface area contributed by atoms with E-state index in [-0.39, 0.29) is 17.0 Å². The zero-order chi connectivity index (χ0) is 25.4. The third-order valence-corrected chi connectivity index (χ3v) is 9.06. The van der Waals surface area contributed by atoms with Crippen molar-refractivity contribution in [2.24, 2.45) is 5.92 Å². The second-order valence-electron chi connectivity index (χ2n) is 9.34. The Kier molecular flexibility index (Phi) is 6.93. The first kappa shape index (κ1) is 24.5. The average Bonchev–Trinajstić information content (AvgIpc) is 3.54. The molecule has 0 bridgehead atoms. The Labute approximate surface area is 222 Å². The minimum atomic E-state index is -0.447. The number of piperazine rings is 1. The Morgan fingerprint density at radius 1 is 1.08 bits per heavy atom. The number of nitrogens with two attached hydrogens (primary N) is 1. The van der Waals surface area contributed by atoms with Gasteiger partial charge in [-0.1, -0.05) is 11.8 Å². The minimum Gasteiger partial charge on any atom is -0.378 e. The summed E-state index contributed by atoms with van der Waals surface area (Å²) in [6.45, 7) is 6.52. The van der Waals surface area contributed by atoms with E-state index < -0.39 is 5.92 Å². The van der Waals surface area contributed by atoms with Crippen molar-refractivity contribution in [3.05, 3.63) is 23.3 Å². The third-order valence-electron chi connectivity index (χ3n) is 6.94. The molecule has 0 aromatic carbocycles. The van der Waals surface area contributed by atoms with Crippen LogP contribution in [-0.2, 0) is 20.9 Å². The number of fused-ring (bicyclic) bond motifs is 1. The molecule has 3 aliphatic rings. The van der Waals surface area contributed by atoms with Crippen LogP contribution in [-0.4, -0.2) is 99.0 Å². The van der Waals surface area contributed by atoms with E-state index in [1.165, 1.54) is 16.6 Å². The fraction of sp³-hybridized carbons (Fsp3) is 0.500. The highest BCUT2D eigenvalue weighted by Gasteiger charge is 2.36. The highest BCUT2D eigenvalue weighted by atomic mass is 32.2. The monoisotopic (exact) mass is 540 g/mol. The SMILES string of the molecule is Nc1ncc(-c2nc(N3CCOCC3)c3sc(CN4CCN(C(=O)C5CCSC5=O)CC4)cc3n2)cn1. The summed E-state index contributed by atoms with van der Waals surface area (Å²) in [6.07, 6.45) is 3.97. The van der Waals surface area contributed by atoms with Crippen LogP contribution in [0, 0.1) is 5.92 Å². The van der Waals surface area contributed by atoms with Crippen LogP contribution in [0.15, 0.2) is 18.5 Å². The molecular formula is C24H28N8O3S2. The van der Waals surface area contributed by atoms with Gasteiger partial charge in [-0.3, -0.25) is 14.5 Å². The molecule has 3 saturated heterocycles. The summed E-state index contributed by atoms with van der Waals surface area (Å²) in [7, 11) is 0. The van der Waals surface area contributed by atoms with Crippen molar-refractivity contribution in [3.63, 3.8) is 0 Å². The topological polar surface area (TPSA) is 131 Å². The van der Waals surface area contributed by atoms with E-state index in [0.717, 1.165) is 60.1 Å². The first-order valence-corrected chi connectivity index (χ1v) is 14.2. The molecule has 13 heteroatoms. The lowest BCUT2D eigenvalue weighted by Gasteiger charge is -2.35. The highest BCUT2D eigenvalue weighted by Crippen LogP contribution is 2.35. The quantitative estimate of drug-likeness (QED) is 0.472. The molecule has 11 nitrogen and oxygen atoms in total. The normalized spacial score (nSPS) is 21.2. The number of nitrogens with zero attached hydrogens (tertiary/aromatic N) is 7. The maximum absolute atomic E-state index is 12.8. The van der Waals surface area contributed by atoms with E-state index in [9.17, 15) is 9.59 Å². The van der Waals surface area contributed by atoms with E-state index in [1.807, 2.05) is 4.90 Å². The van der Waals surface area contributed by atoms with Crippen LogP contribution in [0.25, 0.3) is 21.6 Å². The molecule has 1 unspecified atom stereocenters. The lowest BCUT2D eigenvalue weighted by atomic mass is 10.1. The maximum Gasteiger partial charge on any atom is 0.234 e. The number of amides is 1. The van der Waals surface area contributed by atoms with Gasteiger partial charge in [-0.15, -0.1) is 11.3 Å². The molecule has 0 radical (unpaired) electrons. The van der Waals surface area contributed by atoms with Gasteiger partial charge >= 0.3 is 0 Å². The van der Waals surface area contributed by atoms with Crippen LogP contribution in [0.5, 0.6) is 0 Å². The average molecular weight is 541 g/mol. The van der Waals surface area contributed by atoms with Gasteiger partial charge in [0.2, 0.25) is 17.0 Å². The largest absolute Gasteiger partial charge is 0.378 e. The van der Waals surface area contributed by atoms with Gasteiger partial charge in [0.15, 0.2) is 11.6 Å². The first-order valence-electron chi connectivity index (χ1n) is 12.4. The van der Waals surface area contributed by atoms with Crippen LogP contribution < -0.4 is 10.6 Å². The standard InChI is InChI=1S/C24H28N8O3S2/c25-24-26-12-15(13-27-24)20-28-18-11-16(37-19(18)21(29-20)31-6-8-35-9-7-31)14-30-2-4-32(5-3-30)22(33)17-1-10-36-23(17)34/h11-13,17H,1-10,14H2,(H2,25,26,27). The van der Waals surface area contributed by atoms with Crippen LogP contribution >= 0.6 is 23.1 Å².